The van der Waals surface area contributed by atoms with Crippen LogP contribution in [0.15, 0.2) is 11.0 Å². The van der Waals surface area contributed by atoms with E-state index in [2.05, 4.69) is 24.1 Å². The van der Waals surface area contributed by atoms with Gasteiger partial charge in [-0.3, -0.25) is 9.88 Å². The number of ether oxygens (including phenoxy) is 2. The molecule has 2 rings (SSSR count). The molecule has 28 heavy (non-hydrogen) atoms. The highest BCUT2D eigenvalue weighted by Crippen LogP contribution is 2.33. The van der Waals surface area contributed by atoms with E-state index in [9.17, 15) is 19.1 Å². The first-order valence-electron chi connectivity index (χ1n) is 9.82. The van der Waals surface area contributed by atoms with E-state index in [1.807, 2.05) is 6.92 Å². The van der Waals surface area contributed by atoms with Crippen LogP contribution in [0.3, 0.4) is 0 Å². The molecule has 1 aliphatic rings. The van der Waals surface area contributed by atoms with E-state index < -0.39 is 47.8 Å². The van der Waals surface area contributed by atoms with Gasteiger partial charge in [0.25, 0.3) is 0 Å². The molecular weight excluding hydrogens is 369 g/mol. The van der Waals surface area contributed by atoms with Gasteiger partial charge in [-0.05, 0) is 13.3 Å². The van der Waals surface area contributed by atoms with E-state index in [1.54, 1.807) is 13.8 Å². The first-order chi connectivity index (χ1) is 13.3. The normalized spacial score (nSPS) is 23.7. The van der Waals surface area contributed by atoms with Crippen molar-refractivity contribution >= 4 is 11.9 Å². The molecule has 0 spiro atoms. The average molecular weight is 401 g/mol. The Labute approximate surface area is 165 Å². The average Bonchev–Trinajstić information content (AvgIpc) is 2.89. The van der Waals surface area contributed by atoms with Crippen molar-refractivity contribution in [3.63, 3.8) is 0 Å². The Bertz CT molecular complexity index is 682. The number of nitrogens with zero attached hydrogens (tertiary/aromatic N) is 2. The maximum Gasteiger partial charge on any atom is 0.412 e. The van der Waals surface area contributed by atoms with Gasteiger partial charge in [0.1, 0.15) is 6.23 Å². The first kappa shape index (κ1) is 24.0. The van der Waals surface area contributed by atoms with Crippen LogP contribution >= 0.6 is 0 Å². The number of amides is 1. The summed E-state index contributed by atoms with van der Waals surface area (Å²) in [5, 5.41) is 12.0. The summed E-state index contributed by atoms with van der Waals surface area (Å²) < 4.78 is 25.6. The molecule has 1 aromatic heterocycles. The monoisotopic (exact) mass is 401 g/mol. The summed E-state index contributed by atoms with van der Waals surface area (Å²) >= 11 is 0. The molecule has 1 aromatic rings. The van der Waals surface area contributed by atoms with E-state index in [-0.39, 0.29) is 6.61 Å². The number of aliphatic hydroxyl groups is 1. The van der Waals surface area contributed by atoms with Gasteiger partial charge < -0.3 is 14.6 Å². The maximum absolute atomic E-state index is 14.2. The number of anilines is 1. The molecule has 160 valence electrons. The molecule has 4 atom stereocenters. The SMILES string of the molecule is CCC.CCCCCOC(=O)Nc1nc(=O)n([C@@H]2O[C@H](C)[C@@H](O)[C@H]2C)cc1F. The fourth-order valence-corrected chi connectivity index (χ4v) is 2.70. The summed E-state index contributed by atoms with van der Waals surface area (Å²) in [7, 11) is 0. The van der Waals surface area contributed by atoms with Gasteiger partial charge in [-0.15, -0.1) is 0 Å². The molecule has 1 aliphatic heterocycles. The zero-order valence-corrected chi connectivity index (χ0v) is 17.3. The van der Waals surface area contributed by atoms with E-state index >= 15 is 0 Å². The zero-order valence-electron chi connectivity index (χ0n) is 17.3. The summed E-state index contributed by atoms with van der Waals surface area (Å²) in [4.78, 5) is 27.3. The summed E-state index contributed by atoms with van der Waals surface area (Å²) in [6.45, 7) is 9.84. The van der Waals surface area contributed by atoms with Gasteiger partial charge in [0, 0.05) is 5.92 Å². The highest BCUT2D eigenvalue weighted by molar-refractivity contribution is 5.83. The second kappa shape index (κ2) is 11.8. The van der Waals surface area contributed by atoms with E-state index in [0.29, 0.717) is 6.42 Å². The molecule has 9 heteroatoms. The molecule has 0 unspecified atom stereocenters. The predicted molar refractivity (Wildman–Crippen MR) is 104 cm³/mol. The lowest BCUT2D eigenvalue weighted by Crippen LogP contribution is -2.32. The standard InChI is InChI=1S/C16H24FN3O5.C3H8/c1-4-5-6-7-24-16(23)19-13-11(17)8-20(15(22)18-13)14-9(2)12(21)10(3)25-14;1-3-2/h8-10,12,14,21H,4-7H2,1-3H3,(H,18,19,22,23);3H2,1-2H3/t9-,10-,12+,14-;/m1./s1. The molecule has 0 saturated carbocycles. The third kappa shape index (κ3) is 6.56. The van der Waals surface area contributed by atoms with Gasteiger partial charge in [-0.1, -0.05) is 47.0 Å². The fourth-order valence-electron chi connectivity index (χ4n) is 2.70. The minimum Gasteiger partial charge on any atom is -0.449 e. The van der Waals surface area contributed by atoms with Gasteiger partial charge in [0.15, 0.2) is 11.6 Å². The quantitative estimate of drug-likeness (QED) is 0.708. The van der Waals surface area contributed by atoms with Crippen LogP contribution in [-0.4, -0.2) is 39.6 Å². The minimum absolute atomic E-state index is 0.210. The van der Waals surface area contributed by atoms with Crippen molar-refractivity contribution in [1.29, 1.82) is 0 Å². The molecule has 0 bridgehead atoms. The Balaban J connectivity index is 0.00000122. The molecule has 0 radical (unpaired) electrons. The third-order valence-corrected chi connectivity index (χ3v) is 4.21. The number of carbonyl (C=O) groups excluding carboxylic acids is 1. The van der Waals surface area contributed by atoms with Gasteiger partial charge >= 0.3 is 11.8 Å². The van der Waals surface area contributed by atoms with Crippen LogP contribution in [0.25, 0.3) is 0 Å². The highest BCUT2D eigenvalue weighted by atomic mass is 19.1. The number of aliphatic hydroxyl groups excluding tert-OH is 1. The number of unbranched alkanes of at least 4 members (excludes halogenated alkanes) is 2. The van der Waals surface area contributed by atoms with Crippen molar-refractivity contribution in [2.75, 3.05) is 11.9 Å². The smallest absolute Gasteiger partial charge is 0.412 e. The Kier molecular flexibility index (Phi) is 10.1. The lowest BCUT2D eigenvalue weighted by molar-refractivity contribution is -0.0146. The zero-order chi connectivity index (χ0) is 21.3. The molecule has 1 amide bonds. The lowest BCUT2D eigenvalue weighted by atomic mass is 10.0. The first-order valence-corrected chi connectivity index (χ1v) is 9.82. The molecule has 0 aromatic carbocycles. The lowest BCUT2D eigenvalue weighted by Gasteiger charge is -2.18. The summed E-state index contributed by atoms with van der Waals surface area (Å²) in [5.41, 5.74) is -0.791. The number of carbonyl (C=O) groups is 1. The number of halogens is 1. The Hall–Kier alpha value is -2.00. The van der Waals surface area contributed by atoms with E-state index in [1.165, 1.54) is 6.42 Å². The number of aromatic nitrogens is 2. The summed E-state index contributed by atoms with van der Waals surface area (Å²) in [6, 6.07) is 0. The van der Waals surface area contributed by atoms with Gasteiger partial charge in [-0.2, -0.15) is 4.98 Å². The Morgan fingerprint density at radius 3 is 2.54 bits per heavy atom. The molecule has 1 fully saturated rings. The van der Waals surface area contributed by atoms with Crippen molar-refractivity contribution in [2.24, 2.45) is 5.92 Å². The number of rotatable bonds is 6. The van der Waals surface area contributed by atoms with Crippen molar-refractivity contribution in [3.8, 4) is 0 Å². The molecule has 1 saturated heterocycles. The Morgan fingerprint density at radius 1 is 1.36 bits per heavy atom. The van der Waals surface area contributed by atoms with Gasteiger partial charge in [-0.25, -0.2) is 14.0 Å². The van der Waals surface area contributed by atoms with Gasteiger partial charge in [0.05, 0.1) is 25.0 Å². The maximum atomic E-state index is 14.2. The van der Waals surface area contributed by atoms with E-state index in [4.69, 9.17) is 9.47 Å². The third-order valence-electron chi connectivity index (χ3n) is 4.21. The highest BCUT2D eigenvalue weighted by Gasteiger charge is 2.40. The summed E-state index contributed by atoms with van der Waals surface area (Å²) in [5.74, 6) is -1.80. The summed E-state index contributed by atoms with van der Waals surface area (Å²) in [6.07, 6.45) is 1.83. The van der Waals surface area contributed by atoms with Crippen molar-refractivity contribution in [3.05, 3.63) is 22.5 Å². The van der Waals surface area contributed by atoms with Crippen molar-refractivity contribution in [1.82, 2.24) is 9.55 Å². The van der Waals surface area contributed by atoms with Crippen LogP contribution in [0.1, 0.15) is 66.5 Å². The molecule has 2 heterocycles. The van der Waals surface area contributed by atoms with Crippen LogP contribution in [0, 0.1) is 11.7 Å². The predicted octanol–water partition coefficient (Wildman–Crippen LogP) is 3.45. The van der Waals surface area contributed by atoms with Crippen molar-refractivity contribution < 1.29 is 23.8 Å². The number of nitrogens with one attached hydrogen (secondary N) is 1. The van der Waals surface area contributed by atoms with Crippen LogP contribution < -0.4 is 11.0 Å². The molecular formula is C19H32FN3O5. The molecule has 8 nitrogen and oxygen atoms in total. The van der Waals surface area contributed by atoms with Crippen molar-refractivity contribution in [2.45, 2.75) is 78.7 Å². The second-order valence-corrected chi connectivity index (χ2v) is 6.88. The van der Waals surface area contributed by atoms with Crippen LogP contribution in [0.2, 0.25) is 0 Å². The number of hydrogen-bond donors (Lipinski definition) is 2. The largest absolute Gasteiger partial charge is 0.449 e. The second-order valence-electron chi connectivity index (χ2n) is 6.88. The van der Waals surface area contributed by atoms with Crippen LogP contribution in [0.5, 0.6) is 0 Å². The topological polar surface area (TPSA) is 103 Å². The fraction of sp³-hybridized carbons (Fsp3) is 0.737. The van der Waals surface area contributed by atoms with Crippen LogP contribution in [-0.2, 0) is 9.47 Å². The minimum atomic E-state index is -0.894. The molecule has 2 N–H and O–H groups in total. The van der Waals surface area contributed by atoms with Gasteiger partial charge in [0.2, 0.25) is 0 Å². The van der Waals surface area contributed by atoms with Crippen LogP contribution in [0.4, 0.5) is 15.0 Å². The molecule has 0 aliphatic carbocycles. The van der Waals surface area contributed by atoms with E-state index in [0.717, 1.165) is 23.6 Å². The Morgan fingerprint density at radius 2 is 2.00 bits per heavy atom. The number of hydrogen-bond acceptors (Lipinski definition) is 6.